The highest BCUT2D eigenvalue weighted by Gasteiger charge is 2.32. The van der Waals surface area contributed by atoms with Crippen molar-refractivity contribution in [2.24, 2.45) is 0 Å². The second kappa shape index (κ2) is 9.41. The van der Waals surface area contributed by atoms with Crippen LogP contribution in [0.3, 0.4) is 0 Å². The Bertz CT molecular complexity index is 977. The fraction of sp³-hybridized carbons (Fsp3) is 0.105. The molecule has 0 saturated carbocycles. The minimum absolute atomic E-state index is 0.0980. The van der Waals surface area contributed by atoms with Crippen LogP contribution in [0.4, 0.5) is 5.69 Å². The van der Waals surface area contributed by atoms with E-state index in [4.69, 9.17) is 35.4 Å². The molecule has 0 unspecified atom stereocenters. The van der Waals surface area contributed by atoms with Gasteiger partial charge in [-0.05, 0) is 42.0 Å². The molecular formula is C19H13BrCl2N2O2S2. The lowest BCUT2D eigenvalue weighted by atomic mass is 10.2. The molecule has 0 bridgehead atoms. The van der Waals surface area contributed by atoms with Crippen molar-refractivity contribution < 1.29 is 9.59 Å². The van der Waals surface area contributed by atoms with Gasteiger partial charge < -0.3 is 5.32 Å². The van der Waals surface area contributed by atoms with Gasteiger partial charge in [0.25, 0.3) is 5.91 Å². The third-order valence-corrected chi connectivity index (χ3v) is 6.04. The third-order valence-electron chi connectivity index (χ3n) is 3.73. The number of hydrogen-bond donors (Lipinski definition) is 1. The molecule has 0 aliphatic carbocycles. The first-order valence-electron chi connectivity index (χ1n) is 8.09. The van der Waals surface area contributed by atoms with Crippen LogP contribution in [0, 0.1) is 0 Å². The van der Waals surface area contributed by atoms with E-state index >= 15 is 0 Å². The number of nitrogens with zero attached hydrogens (tertiary/aromatic N) is 1. The molecule has 1 heterocycles. The van der Waals surface area contributed by atoms with Crippen molar-refractivity contribution in [3.05, 3.63) is 67.5 Å². The maximum absolute atomic E-state index is 12.6. The number of carbonyl (C=O) groups excluding carboxylic acids is 2. The highest BCUT2D eigenvalue weighted by molar-refractivity contribution is 9.10. The molecule has 2 amide bonds. The summed E-state index contributed by atoms with van der Waals surface area (Å²) >= 11 is 21.8. The van der Waals surface area contributed by atoms with Gasteiger partial charge in [0.05, 0.1) is 4.91 Å². The van der Waals surface area contributed by atoms with Crippen molar-refractivity contribution in [3.8, 4) is 0 Å². The fourth-order valence-corrected chi connectivity index (χ4v) is 4.75. The molecule has 0 atom stereocenters. The van der Waals surface area contributed by atoms with Crippen molar-refractivity contribution in [1.82, 2.24) is 4.90 Å². The Kier molecular flexibility index (Phi) is 7.17. The van der Waals surface area contributed by atoms with Crippen molar-refractivity contribution >= 4 is 91.0 Å². The van der Waals surface area contributed by atoms with Crippen LogP contribution in [0.15, 0.2) is 51.8 Å². The smallest absolute Gasteiger partial charge is 0.266 e. The lowest BCUT2D eigenvalue weighted by Gasteiger charge is -2.14. The number of halogens is 3. The Morgan fingerprint density at radius 2 is 1.93 bits per heavy atom. The van der Waals surface area contributed by atoms with Crippen LogP contribution in [-0.2, 0) is 9.59 Å². The molecule has 1 fully saturated rings. The molecule has 3 rings (SSSR count). The standard InChI is InChI=1S/C19H13BrCl2N2O2S2/c20-12-3-1-2-11(6-12)7-16-18(26)24(19(27)28-16)5-4-17(25)23-15-9-13(21)8-14(22)10-15/h1-3,6-10H,4-5H2,(H,23,25)/b16-7-. The van der Waals surface area contributed by atoms with Crippen molar-refractivity contribution in [1.29, 1.82) is 0 Å². The zero-order valence-corrected chi connectivity index (χ0v) is 19.0. The van der Waals surface area contributed by atoms with Crippen LogP contribution in [0.5, 0.6) is 0 Å². The average molecular weight is 516 g/mol. The maximum Gasteiger partial charge on any atom is 0.266 e. The molecule has 0 aromatic heterocycles. The number of thiocarbonyl (C=S) groups is 1. The SMILES string of the molecule is O=C(CCN1C(=O)/C(=C/c2cccc(Br)c2)SC1=S)Nc1cc(Cl)cc(Cl)c1. The average Bonchev–Trinajstić information content (AvgIpc) is 2.85. The first kappa shape index (κ1) is 21.3. The minimum Gasteiger partial charge on any atom is -0.326 e. The van der Waals surface area contributed by atoms with Crippen LogP contribution >= 0.6 is 63.1 Å². The van der Waals surface area contributed by atoms with Crippen LogP contribution < -0.4 is 5.32 Å². The monoisotopic (exact) mass is 514 g/mol. The summed E-state index contributed by atoms with van der Waals surface area (Å²) in [5.74, 6) is -0.461. The van der Waals surface area contributed by atoms with Gasteiger partial charge in [0.15, 0.2) is 0 Å². The number of carbonyl (C=O) groups is 2. The van der Waals surface area contributed by atoms with E-state index in [2.05, 4.69) is 21.2 Å². The summed E-state index contributed by atoms with van der Waals surface area (Å²) in [4.78, 5) is 26.8. The van der Waals surface area contributed by atoms with Crippen LogP contribution in [0.25, 0.3) is 6.08 Å². The topological polar surface area (TPSA) is 49.4 Å². The number of rotatable bonds is 5. The highest BCUT2D eigenvalue weighted by Crippen LogP contribution is 2.33. The second-order valence-corrected chi connectivity index (χ2v) is 9.31. The van der Waals surface area contributed by atoms with Crippen LogP contribution in [0.2, 0.25) is 10.0 Å². The van der Waals surface area contributed by atoms with E-state index in [1.165, 1.54) is 16.7 Å². The summed E-state index contributed by atoms with van der Waals surface area (Å²) in [5.41, 5.74) is 1.40. The van der Waals surface area contributed by atoms with Crippen LogP contribution in [0.1, 0.15) is 12.0 Å². The fourth-order valence-electron chi connectivity index (χ4n) is 2.50. The number of benzene rings is 2. The quantitative estimate of drug-likeness (QED) is 0.392. The Labute approximate surface area is 190 Å². The molecule has 1 aliphatic heterocycles. The molecule has 2 aromatic carbocycles. The lowest BCUT2D eigenvalue weighted by Crippen LogP contribution is -2.31. The summed E-state index contributed by atoms with van der Waals surface area (Å²) in [5, 5.41) is 3.58. The van der Waals surface area contributed by atoms with E-state index in [0.717, 1.165) is 10.0 Å². The van der Waals surface area contributed by atoms with Gasteiger partial charge in [0, 0.05) is 33.2 Å². The van der Waals surface area contributed by atoms with E-state index in [1.807, 2.05) is 24.3 Å². The first-order chi connectivity index (χ1) is 13.3. The number of anilines is 1. The molecule has 1 saturated heterocycles. The first-order valence-corrected chi connectivity index (χ1v) is 10.9. The molecule has 1 N–H and O–H groups in total. The highest BCUT2D eigenvalue weighted by atomic mass is 79.9. The Hall–Kier alpha value is -1.38. The van der Waals surface area contributed by atoms with Crippen molar-refractivity contribution in [2.45, 2.75) is 6.42 Å². The summed E-state index contributed by atoms with van der Waals surface area (Å²) in [7, 11) is 0. The molecule has 9 heteroatoms. The number of amides is 2. The van der Waals surface area contributed by atoms with Crippen LogP contribution in [-0.4, -0.2) is 27.6 Å². The minimum atomic E-state index is -0.261. The van der Waals surface area contributed by atoms with Gasteiger partial charge in [-0.1, -0.05) is 75.2 Å². The van der Waals surface area contributed by atoms with Crippen molar-refractivity contribution in [3.63, 3.8) is 0 Å². The zero-order valence-electron chi connectivity index (χ0n) is 14.2. The van der Waals surface area contributed by atoms with Gasteiger partial charge in [0.1, 0.15) is 4.32 Å². The number of nitrogens with one attached hydrogen (secondary N) is 1. The summed E-state index contributed by atoms with van der Waals surface area (Å²) in [6.07, 6.45) is 1.89. The Morgan fingerprint density at radius 3 is 2.61 bits per heavy atom. The molecule has 144 valence electrons. The second-order valence-electron chi connectivity index (χ2n) is 5.84. The number of hydrogen-bond acceptors (Lipinski definition) is 4. The maximum atomic E-state index is 12.6. The predicted octanol–water partition coefficient (Wildman–Crippen LogP) is 5.99. The van der Waals surface area contributed by atoms with E-state index < -0.39 is 0 Å². The van der Waals surface area contributed by atoms with Gasteiger partial charge in [-0.3, -0.25) is 14.5 Å². The molecule has 2 aromatic rings. The van der Waals surface area contributed by atoms with Gasteiger partial charge in [0.2, 0.25) is 5.91 Å². The van der Waals surface area contributed by atoms with Gasteiger partial charge in [-0.15, -0.1) is 0 Å². The molecule has 0 radical (unpaired) electrons. The molecular weight excluding hydrogens is 503 g/mol. The summed E-state index contributed by atoms with van der Waals surface area (Å²) < 4.78 is 1.36. The zero-order chi connectivity index (χ0) is 20.3. The Balaban J connectivity index is 1.62. The van der Waals surface area contributed by atoms with Gasteiger partial charge in [-0.2, -0.15) is 0 Å². The molecule has 28 heavy (non-hydrogen) atoms. The molecule has 1 aliphatic rings. The molecule has 4 nitrogen and oxygen atoms in total. The molecule has 0 spiro atoms. The van der Waals surface area contributed by atoms with Crippen molar-refractivity contribution in [2.75, 3.05) is 11.9 Å². The van der Waals surface area contributed by atoms with Gasteiger partial charge in [-0.25, -0.2) is 0 Å². The van der Waals surface area contributed by atoms with E-state index in [1.54, 1.807) is 24.3 Å². The van der Waals surface area contributed by atoms with E-state index in [-0.39, 0.29) is 24.8 Å². The van der Waals surface area contributed by atoms with E-state index in [0.29, 0.717) is 25.0 Å². The summed E-state index contributed by atoms with van der Waals surface area (Å²) in [6.45, 7) is 0.195. The third kappa shape index (κ3) is 5.58. The normalized spacial score (nSPS) is 15.4. The Morgan fingerprint density at radius 1 is 1.21 bits per heavy atom. The summed E-state index contributed by atoms with van der Waals surface area (Å²) in [6, 6.07) is 12.4. The van der Waals surface area contributed by atoms with E-state index in [9.17, 15) is 9.59 Å². The predicted molar refractivity (Wildman–Crippen MR) is 124 cm³/mol. The number of thioether (sulfide) groups is 1. The largest absolute Gasteiger partial charge is 0.326 e. The van der Waals surface area contributed by atoms with Gasteiger partial charge >= 0.3 is 0 Å². The lowest BCUT2D eigenvalue weighted by molar-refractivity contribution is -0.122.